The quantitative estimate of drug-likeness (QED) is 0.299. The molecule has 2 aromatic carbocycles. The maximum atomic E-state index is 15.5. The van der Waals surface area contributed by atoms with Crippen LogP contribution in [0.15, 0.2) is 48.5 Å². The van der Waals surface area contributed by atoms with E-state index < -0.39 is 17.0 Å². The lowest BCUT2D eigenvalue weighted by atomic mass is 9.85. The van der Waals surface area contributed by atoms with E-state index in [9.17, 15) is 14.9 Å². The first kappa shape index (κ1) is 31.8. The first-order valence-electron chi connectivity index (χ1n) is 15.6. The number of aromatic nitrogens is 1. The Morgan fingerprint density at radius 1 is 1.09 bits per heavy atom. The molecule has 2 saturated heterocycles. The second-order valence-corrected chi connectivity index (χ2v) is 14.2. The molecule has 0 unspecified atom stereocenters. The Labute approximate surface area is 274 Å². The van der Waals surface area contributed by atoms with Gasteiger partial charge in [0.05, 0.1) is 27.4 Å². The van der Waals surface area contributed by atoms with Crippen LogP contribution in [0.3, 0.4) is 0 Å². The van der Waals surface area contributed by atoms with Crippen LogP contribution < -0.4 is 9.80 Å². The van der Waals surface area contributed by atoms with E-state index in [0.717, 1.165) is 38.3 Å². The number of carbonyl (C=O) groups excluding carboxylic acids is 2. The number of hydrogen-bond acceptors (Lipinski definition) is 7. The van der Waals surface area contributed by atoms with Crippen molar-refractivity contribution in [3.8, 4) is 17.2 Å². The number of amides is 2. The minimum Gasteiger partial charge on any atom is -0.444 e. The number of rotatable bonds is 5. The SMILES string of the molecule is CC(C)(C)OC(=O)N1CCN(CC2CN(c3ccc(-c4ccc5c(c4)C(C)(C)C(=O)N5c4ccc(C#N)c(Cl)c4)c(F)n3)C2)CC1. The van der Waals surface area contributed by atoms with Gasteiger partial charge in [-0.25, -0.2) is 9.78 Å². The van der Waals surface area contributed by atoms with Gasteiger partial charge in [0.2, 0.25) is 11.9 Å². The molecule has 0 spiro atoms. The summed E-state index contributed by atoms with van der Waals surface area (Å²) in [6.45, 7) is 14.7. The zero-order valence-electron chi connectivity index (χ0n) is 26.8. The maximum Gasteiger partial charge on any atom is 0.410 e. The summed E-state index contributed by atoms with van der Waals surface area (Å²) in [7, 11) is 0. The highest BCUT2D eigenvalue weighted by Gasteiger charge is 2.45. The smallest absolute Gasteiger partial charge is 0.410 e. The van der Waals surface area contributed by atoms with Gasteiger partial charge in [-0.1, -0.05) is 17.7 Å². The van der Waals surface area contributed by atoms with Crippen LogP contribution in [0.4, 0.5) is 26.4 Å². The van der Waals surface area contributed by atoms with Gasteiger partial charge in [-0.05, 0) is 88.2 Å². The lowest BCUT2D eigenvalue weighted by Gasteiger charge is -2.44. The predicted octanol–water partition coefficient (Wildman–Crippen LogP) is 6.36. The van der Waals surface area contributed by atoms with Crippen LogP contribution in [0, 0.1) is 23.2 Å². The molecule has 0 radical (unpaired) electrons. The number of ether oxygens (including phenoxy) is 1. The van der Waals surface area contributed by atoms with Crippen molar-refractivity contribution >= 4 is 40.8 Å². The number of fused-ring (bicyclic) bond motifs is 1. The third-order valence-corrected chi connectivity index (χ3v) is 9.26. The second-order valence-electron chi connectivity index (χ2n) is 13.8. The number of pyridine rings is 1. The van der Waals surface area contributed by atoms with Gasteiger partial charge in [0, 0.05) is 57.3 Å². The van der Waals surface area contributed by atoms with Crippen molar-refractivity contribution in [2.45, 2.75) is 45.6 Å². The Morgan fingerprint density at radius 2 is 1.80 bits per heavy atom. The number of halogens is 2. The summed E-state index contributed by atoms with van der Waals surface area (Å²) >= 11 is 6.28. The van der Waals surface area contributed by atoms with Crippen LogP contribution in [0.5, 0.6) is 0 Å². The summed E-state index contributed by atoms with van der Waals surface area (Å²) in [4.78, 5) is 38.1. The highest BCUT2D eigenvalue weighted by Crippen LogP contribution is 2.47. The van der Waals surface area contributed by atoms with Crippen LogP contribution in [0.2, 0.25) is 5.02 Å². The molecule has 3 aliphatic heterocycles. The summed E-state index contributed by atoms with van der Waals surface area (Å²) in [5, 5.41) is 9.52. The number of nitriles is 1. The third kappa shape index (κ3) is 6.02. The molecule has 3 aromatic rings. The molecule has 2 fully saturated rings. The van der Waals surface area contributed by atoms with E-state index in [0.29, 0.717) is 52.9 Å². The average molecular weight is 645 g/mol. The fourth-order valence-electron chi connectivity index (χ4n) is 6.39. The third-order valence-electron chi connectivity index (χ3n) is 8.95. The first-order chi connectivity index (χ1) is 21.7. The Kier molecular flexibility index (Phi) is 8.20. The van der Waals surface area contributed by atoms with Crippen LogP contribution in [0.25, 0.3) is 11.1 Å². The summed E-state index contributed by atoms with van der Waals surface area (Å²) in [5.41, 5.74) is 2.03. The van der Waals surface area contributed by atoms with E-state index in [2.05, 4.69) is 14.8 Å². The number of piperazine rings is 1. The Hall–Kier alpha value is -4.20. The lowest BCUT2D eigenvalue weighted by molar-refractivity contribution is -0.121. The lowest BCUT2D eigenvalue weighted by Crippen LogP contribution is -2.56. The standard InChI is InChI=1S/C35H38ClFN6O3/c1-34(2,3)46-33(45)41-14-12-40(13-15-41)19-22-20-42(21-22)30-11-9-26(31(37)39-30)23-7-10-29-27(16-23)35(4,5)32(44)43(29)25-8-6-24(18-38)28(36)17-25/h6-11,16-17,22H,12-15,19-21H2,1-5H3. The van der Waals surface area contributed by atoms with E-state index in [1.807, 2.05) is 58.9 Å². The van der Waals surface area contributed by atoms with Gasteiger partial charge in [0.15, 0.2) is 0 Å². The van der Waals surface area contributed by atoms with E-state index >= 15 is 4.39 Å². The molecule has 1 aromatic heterocycles. The van der Waals surface area contributed by atoms with E-state index in [-0.39, 0.29) is 17.0 Å². The minimum atomic E-state index is -0.857. The highest BCUT2D eigenvalue weighted by molar-refractivity contribution is 6.32. The number of hydrogen-bond donors (Lipinski definition) is 0. The fraction of sp³-hybridized carbons (Fsp3) is 0.429. The molecule has 11 heteroatoms. The largest absolute Gasteiger partial charge is 0.444 e. The van der Waals surface area contributed by atoms with Gasteiger partial charge in [-0.2, -0.15) is 9.65 Å². The molecular weight excluding hydrogens is 607 g/mol. The zero-order valence-corrected chi connectivity index (χ0v) is 27.6. The zero-order chi connectivity index (χ0) is 33.0. The molecule has 9 nitrogen and oxygen atoms in total. The predicted molar refractivity (Wildman–Crippen MR) is 176 cm³/mol. The molecule has 0 N–H and O–H groups in total. The topological polar surface area (TPSA) is 93.0 Å². The van der Waals surface area contributed by atoms with Gasteiger partial charge in [0.1, 0.15) is 17.5 Å². The Bertz CT molecular complexity index is 1730. The summed E-state index contributed by atoms with van der Waals surface area (Å²) < 4.78 is 21.0. The molecule has 2 amide bonds. The molecule has 0 bridgehead atoms. The van der Waals surface area contributed by atoms with Crippen molar-refractivity contribution in [3.63, 3.8) is 0 Å². The first-order valence-corrected chi connectivity index (χ1v) is 15.9. The second kappa shape index (κ2) is 11.9. The molecule has 0 aliphatic carbocycles. The molecule has 46 heavy (non-hydrogen) atoms. The Balaban J connectivity index is 1.10. The minimum absolute atomic E-state index is 0.133. The highest BCUT2D eigenvalue weighted by atomic mass is 35.5. The van der Waals surface area contributed by atoms with E-state index in [1.54, 1.807) is 40.1 Å². The molecule has 6 rings (SSSR count). The van der Waals surface area contributed by atoms with Crippen LogP contribution >= 0.6 is 11.6 Å². The van der Waals surface area contributed by atoms with Gasteiger partial charge >= 0.3 is 6.09 Å². The Morgan fingerprint density at radius 3 is 2.43 bits per heavy atom. The fourth-order valence-corrected chi connectivity index (χ4v) is 6.60. The number of nitrogens with zero attached hydrogens (tertiary/aromatic N) is 6. The molecule has 0 saturated carbocycles. The van der Waals surface area contributed by atoms with Crippen LogP contribution in [-0.4, -0.2) is 78.2 Å². The van der Waals surface area contributed by atoms with Gasteiger partial charge < -0.3 is 14.5 Å². The molecular formula is C35H38ClFN6O3. The van der Waals surface area contributed by atoms with Crippen molar-refractivity contribution in [1.29, 1.82) is 5.26 Å². The van der Waals surface area contributed by atoms with Crippen LogP contribution in [0.1, 0.15) is 45.7 Å². The molecule has 240 valence electrons. The van der Waals surface area contributed by atoms with Crippen molar-refractivity contribution in [2.75, 3.05) is 55.6 Å². The summed E-state index contributed by atoms with van der Waals surface area (Å²) in [6, 6.07) is 16.1. The van der Waals surface area contributed by atoms with Gasteiger partial charge in [-0.15, -0.1) is 0 Å². The van der Waals surface area contributed by atoms with E-state index in [1.165, 1.54) is 0 Å². The number of anilines is 3. The number of carbonyl (C=O) groups is 2. The number of benzene rings is 2. The summed E-state index contributed by atoms with van der Waals surface area (Å²) in [5.74, 6) is 0.361. The molecule has 3 aliphatic rings. The van der Waals surface area contributed by atoms with Gasteiger partial charge in [-0.3, -0.25) is 14.6 Å². The van der Waals surface area contributed by atoms with Crippen molar-refractivity contribution in [2.24, 2.45) is 5.92 Å². The van der Waals surface area contributed by atoms with Crippen molar-refractivity contribution < 1.29 is 18.7 Å². The maximum absolute atomic E-state index is 15.5. The summed E-state index contributed by atoms with van der Waals surface area (Å²) in [6.07, 6.45) is -0.258. The van der Waals surface area contributed by atoms with Gasteiger partial charge in [0.25, 0.3) is 0 Å². The van der Waals surface area contributed by atoms with Crippen LogP contribution in [-0.2, 0) is 14.9 Å². The molecule has 0 atom stereocenters. The average Bonchev–Trinajstić information content (AvgIpc) is 3.18. The van der Waals surface area contributed by atoms with Crippen molar-refractivity contribution in [3.05, 3.63) is 70.6 Å². The van der Waals surface area contributed by atoms with Crippen molar-refractivity contribution in [1.82, 2.24) is 14.8 Å². The normalized spacial score (nSPS) is 18.3. The van der Waals surface area contributed by atoms with E-state index in [4.69, 9.17) is 16.3 Å². The monoisotopic (exact) mass is 644 g/mol. The molecule has 4 heterocycles.